The number of methoxy groups -OCH3 is 1. The first-order chi connectivity index (χ1) is 8.31. The van der Waals surface area contributed by atoms with Gasteiger partial charge < -0.3 is 23.7 Å². The van der Waals surface area contributed by atoms with E-state index in [1.807, 2.05) is 6.92 Å². The van der Waals surface area contributed by atoms with Crippen molar-refractivity contribution in [2.24, 2.45) is 0 Å². The average molecular weight is 250 g/mol. The van der Waals surface area contributed by atoms with E-state index in [0.29, 0.717) is 39.6 Å². The lowest BCUT2D eigenvalue weighted by atomic mass is 10.6. The molecule has 0 fully saturated rings. The highest BCUT2D eigenvalue weighted by molar-refractivity contribution is 5.70. The fourth-order valence-corrected chi connectivity index (χ4v) is 0.906. The molecule has 6 heteroatoms. The van der Waals surface area contributed by atoms with Crippen molar-refractivity contribution in [1.82, 2.24) is 0 Å². The summed E-state index contributed by atoms with van der Waals surface area (Å²) in [7, 11) is 1.62. The van der Waals surface area contributed by atoms with Gasteiger partial charge in [0.05, 0.1) is 33.0 Å². The van der Waals surface area contributed by atoms with Crippen LogP contribution in [0.3, 0.4) is 0 Å². The van der Waals surface area contributed by atoms with Crippen LogP contribution in [0.15, 0.2) is 0 Å². The molecule has 0 aliphatic rings. The van der Waals surface area contributed by atoms with Gasteiger partial charge >= 0.3 is 5.97 Å². The molecule has 0 bridgehead atoms. The molecule has 0 saturated carbocycles. The SMILES string of the molecule is CCOCC(=O)OCCOCCOCCOC. The van der Waals surface area contributed by atoms with Crippen LogP contribution in [0.2, 0.25) is 0 Å². The van der Waals surface area contributed by atoms with Crippen LogP contribution in [0.5, 0.6) is 0 Å². The van der Waals surface area contributed by atoms with Crippen LogP contribution in [0.4, 0.5) is 0 Å². The van der Waals surface area contributed by atoms with Gasteiger partial charge in [0.25, 0.3) is 0 Å². The van der Waals surface area contributed by atoms with Gasteiger partial charge in [0.1, 0.15) is 13.2 Å². The molecule has 0 N–H and O–H groups in total. The van der Waals surface area contributed by atoms with E-state index in [-0.39, 0.29) is 19.2 Å². The second kappa shape index (κ2) is 13.4. The zero-order valence-electron chi connectivity index (χ0n) is 10.6. The molecule has 0 aliphatic carbocycles. The number of hydrogen-bond donors (Lipinski definition) is 0. The Hall–Kier alpha value is -0.690. The van der Waals surface area contributed by atoms with E-state index in [0.717, 1.165) is 0 Å². The molecule has 0 aromatic carbocycles. The molecule has 102 valence electrons. The number of carbonyl (C=O) groups is 1. The van der Waals surface area contributed by atoms with Crippen molar-refractivity contribution < 1.29 is 28.5 Å². The van der Waals surface area contributed by atoms with Crippen LogP contribution >= 0.6 is 0 Å². The lowest BCUT2D eigenvalue weighted by Crippen LogP contribution is -2.17. The summed E-state index contributed by atoms with van der Waals surface area (Å²) >= 11 is 0. The van der Waals surface area contributed by atoms with E-state index >= 15 is 0 Å². The maximum Gasteiger partial charge on any atom is 0.332 e. The molecule has 0 amide bonds. The molecule has 17 heavy (non-hydrogen) atoms. The van der Waals surface area contributed by atoms with Gasteiger partial charge in [-0.05, 0) is 6.92 Å². The zero-order chi connectivity index (χ0) is 12.8. The van der Waals surface area contributed by atoms with Crippen molar-refractivity contribution in [2.75, 3.05) is 60.0 Å². The summed E-state index contributed by atoms with van der Waals surface area (Å²) in [6.07, 6.45) is 0. The smallest absolute Gasteiger partial charge is 0.332 e. The van der Waals surface area contributed by atoms with E-state index in [1.165, 1.54) is 0 Å². The topological polar surface area (TPSA) is 63.2 Å². The fraction of sp³-hybridized carbons (Fsp3) is 0.909. The molecule has 0 saturated heterocycles. The summed E-state index contributed by atoms with van der Waals surface area (Å²) < 4.78 is 24.9. The van der Waals surface area contributed by atoms with Crippen LogP contribution in [0, 0.1) is 0 Å². The molecule has 0 spiro atoms. The molecule has 0 unspecified atom stereocenters. The standard InChI is InChI=1S/C11H22O6/c1-3-14-10-11(12)17-9-8-16-7-6-15-5-4-13-2/h3-10H2,1-2H3. The van der Waals surface area contributed by atoms with Crippen molar-refractivity contribution in [1.29, 1.82) is 0 Å². The van der Waals surface area contributed by atoms with Gasteiger partial charge in [-0.15, -0.1) is 0 Å². The van der Waals surface area contributed by atoms with E-state index in [9.17, 15) is 4.79 Å². The average Bonchev–Trinajstić information content (AvgIpc) is 2.34. The molecule has 0 radical (unpaired) electrons. The molecule has 0 heterocycles. The Morgan fingerprint density at radius 2 is 1.47 bits per heavy atom. The largest absolute Gasteiger partial charge is 0.462 e. The molecule has 6 nitrogen and oxygen atoms in total. The third-order valence-corrected chi connectivity index (χ3v) is 1.72. The third kappa shape index (κ3) is 13.2. The van der Waals surface area contributed by atoms with Crippen LogP contribution < -0.4 is 0 Å². The summed E-state index contributed by atoms with van der Waals surface area (Å²) in [5.41, 5.74) is 0. The number of carbonyl (C=O) groups excluding carboxylic acids is 1. The Labute approximate surface area is 102 Å². The number of hydrogen-bond acceptors (Lipinski definition) is 6. The first-order valence-electron chi connectivity index (χ1n) is 5.69. The van der Waals surface area contributed by atoms with Crippen LogP contribution in [-0.4, -0.2) is 65.9 Å². The van der Waals surface area contributed by atoms with Gasteiger partial charge in [0.2, 0.25) is 0 Å². The minimum atomic E-state index is -0.369. The molecule has 0 rings (SSSR count). The maximum atomic E-state index is 11.0. The Balaban J connectivity index is 3.05. The summed E-state index contributed by atoms with van der Waals surface area (Å²) in [5.74, 6) is -0.369. The Kier molecular flexibility index (Phi) is 12.8. The Morgan fingerprint density at radius 3 is 2.06 bits per heavy atom. The van der Waals surface area contributed by atoms with E-state index < -0.39 is 0 Å². The van der Waals surface area contributed by atoms with Crippen molar-refractivity contribution >= 4 is 5.97 Å². The Bertz CT molecular complexity index is 173. The van der Waals surface area contributed by atoms with Crippen molar-refractivity contribution in [3.05, 3.63) is 0 Å². The summed E-state index contributed by atoms with van der Waals surface area (Å²) in [5, 5.41) is 0. The van der Waals surface area contributed by atoms with Crippen molar-refractivity contribution in [2.45, 2.75) is 6.92 Å². The van der Waals surface area contributed by atoms with Crippen LogP contribution in [0.25, 0.3) is 0 Å². The van der Waals surface area contributed by atoms with E-state index in [4.69, 9.17) is 23.7 Å². The molecular formula is C11H22O6. The fourth-order valence-electron chi connectivity index (χ4n) is 0.906. The third-order valence-electron chi connectivity index (χ3n) is 1.72. The first kappa shape index (κ1) is 16.3. The minimum Gasteiger partial charge on any atom is -0.462 e. The van der Waals surface area contributed by atoms with Crippen molar-refractivity contribution in [3.8, 4) is 0 Å². The van der Waals surface area contributed by atoms with Gasteiger partial charge in [-0.1, -0.05) is 0 Å². The first-order valence-corrected chi connectivity index (χ1v) is 5.69. The highest BCUT2D eigenvalue weighted by atomic mass is 16.6. The lowest BCUT2D eigenvalue weighted by Gasteiger charge is -2.06. The lowest BCUT2D eigenvalue weighted by molar-refractivity contribution is -0.150. The van der Waals surface area contributed by atoms with E-state index in [2.05, 4.69) is 0 Å². The van der Waals surface area contributed by atoms with Gasteiger partial charge in [-0.2, -0.15) is 0 Å². The van der Waals surface area contributed by atoms with Gasteiger partial charge in [0.15, 0.2) is 0 Å². The predicted octanol–water partition coefficient (Wildman–Crippen LogP) is 0.246. The molecule has 0 aromatic rings. The number of rotatable bonds is 12. The molecule has 0 atom stereocenters. The van der Waals surface area contributed by atoms with Gasteiger partial charge in [-0.3, -0.25) is 0 Å². The second-order valence-corrected chi connectivity index (χ2v) is 3.08. The maximum absolute atomic E-state index is 11.0. The highest BCUT2D eigenvalue weighted by Gasteiger charge is 2.01. The summed E-state index contributed by atoms with van der Waals surface area (Å²) in [4.78, 5) is 11.0. The van der Waals surface area contributed by atoms with Crippen LogP contribution in [-0.2, 0) is 28.5 Å². The summed E-state index contributed by atoms with van der Waals surface area (Å²) in [6, 6.07) is 0. The van der Waals surface area contributed by atoms with Crippen LogP contribution in [0.1, 0.15) is 6.92 Å². The van der Waals surface area contributed by atoms with Gasteiger partial charge in [-0.25, -0.2) is 4.79 Å². The molecule has 0 aromatic heterocycles. The monoisotopic (exact) mass is 250 g/mol. The molecule has 0 aliphatic heterocycles. The predicted molar refractivity (Wildman–Crippen MR) is 61.0 cm³/mol. The normalized spacial score (nSPS) is 10.5. The van der Waals surface area contributed by atoms with Crippen molar-refractivity contribution in [3.63, 3.8) is 0 Å². The second-order valence-electron chi connectivity index (χ2n) is 3.08. The van der Waals surface area contributed by atoms with Gasteiger partial charge in [0, 0.05) is 13.7 Å². The van der Waals surface area contributed by atoms with E-state index in [1.54, 1.807) is 7.11 Å². The highest BCUT2D eigenvalue weighted by Crippen LogP contribution is 1.84. The molecular weight excluding hydrogens is 228 g/mol. The summed E-state index contributed by atoms with van der Waals surface area (Å²) in [6.45, 7) is 5.05. The Morgan fingerprint density at radius 1 is 0.882 bits per heavy atom. The number of esters is 1. The minimum absolute atomic E-state index is 0.00334. The zero-order valence-corrected chi connectivity index (χ0v) is 10.6. The quantitative estimate of drug-likeness (QED) is 0.365. The number of ether oxygens (including phenoxy) is 5.